The minimum Gasteiger partial charge on any atom is -0.361 e. The van der Waals surface area contributed by atoms with Crippen LogP contribution in [0.5, 0.6) is 0 Å². The summed E-state index contributed by atoms with van der Waals surface area (Å²) in [6, 6.07) is 9.18. The zero-order valence-electron chi connectivity index (χ0n) is 15.6. The summed E-state index contributed by atoms with van der Waals surface area (Å²) >= 11 is 0. The molecule has 2 atom stereocenters. The second-order valence-electron chi connectivity index (χ2n) is 7.70. The predicted molar refractivity (Wildman–Crippen MR) is 109 cm³/mol. The number of likely N-dealkylation sites (tertiary alicyclic amines) is 1. The molecular weight excluding hydrogens is 346 g/mol. The topological polar surface area (TPSA) is 39.3 Å². The highest BCUT2D eigenvalue weighted by molar-refractivity contribution is 5.88. The zero-order chi connectivity index (χ0) is 17.2. The lowest BCUT2D eigenvalue weighted by atomic mass is 9.88. The molecule has 5 heteroatoms. The van der Waals surface area contributed by atoms with Crippen molar-refractivity contribution >= 4 is 29.2 Å². The summed E-state index contributed by atoms with van der Waals surface area (Å²) in [6.45, 7) is 2.43. The maximum absolute atomic E-state index is 13.0. The Morgan fingerprint density at radius 3 is 2.69 bits per heavy atom. The van der Waals surface area contributed by atoms with Gasteiger partial charge in [-0.2, -0.15) is 0 Å². The summed E-state index contributed by atoms with van der Waals surface area (Å²) < 4.78 is 0. The first-order valence-electron chi connectivity index (χ1n) is 9.79. The van der Waals surface area contributed by atoms with Gasteiger partial charge in [-0.1, -0.05) is 31.0 Å². The van der Waals surface area contributed by atoms with Crippen LogP contribution in [0, 0.1) is 0 Å². The molecule has 0 spiro atoms. The molecule has 1 aliphatic carbocycles. The third-order valence-electron chi connectivity index (χ3n) is 6.21. The van der Waals surface area contributed by atoms with Gasteiger partial charge in [-0.25, -0.2) is 0 Å². The maximum atomic E-state index is 13.0. The van der Waals surface area contributed by atoms with E-state index in [-0.39, 0.29) is 18.3 Å². The number of hydrogen-bond donors (Lipinski definition) is 1. The molecule has 2 aliphatic rings. The first-order valence-corrected chi connectivity index (χ1v) is 9.79. The molecule has 1 saturated carbocycles. The highest BCUT2D eigenvalue weighted by Crippen LogP contribution is 2.29. The summed E-state index contributed by atoms with van der Waals surface area (Å²) in [5.41, 5.74) is 2.22. The Morgan fingerprint density at radius 2 is 1.88 bits per heavy atom. The number of benzene rings is 1. The van der Waals surface area contributed by atoms with Crippen molar-refractivity contribution in [1.29, 1.82) is 0 Å². The number of hydrogen-bond acceptors (Lipinski definition) is 2. The van der Waals surface area contributed by atoms with Crippen LogP contribution >= 0.6 is 12.4 Å². The van der Waals surface area contributed by atoms with Crippen LogP contribution in [-0.4, -0.2) is 52.9 Å². The Bertz CT molecular complexity index is 738. The molecule has 0 radical (unpaired) electrons. The van der Waals surface area contributed by atoms with Gasteiger partial charge in [0.1, 0.15) is 0 Å². The fourth-order valence-corrected chi connectivity index (χ4v) is 4.79. The van der Waals surface area contributed by atoms with Crippen LogP contribution in [-0.2, 0) is 11.2 Å². The van der Waals surface area contributed by atoms with Gasteiger partial charge in [-0.15, -0.1) is 12.4 Å². The highest BCUT2D eigenvalue weighted by Gasteiger charge is 2.35. The predicted octanol–water partition coefficient (Wildman–Crippen LogP) is 4.00. The monoisotopic (exact) mass is 375 g/mol. The molecule has 0 bridgehead atoms. The number of para-hydroxylation sites is 1. The Morgan fingerprint density at radius 1 is 1.15 bits per heavy atom. The van der Waals surface area contributed by atoms with Crippen molar-refractivity contribution in [3.05, 3.63) is 36.0 Å². The summed E-state index contributed by atoms with van der Waals surface area (Å²) in [6.07, 6.45) is 10.1. The zero-order valence-corrected chi connectivity index (χ0v) is 16.4. The van der Waals surface area contributed by atoms with Gasteiger partial charge in [-0.3, -0.25) is 9.69 Å². The highest BCUT2D eigenvalue weighted by atomic mass is 35.5. The van der Waals surface area contributed by atoms with Crippen molar-refractivity contribution in [2.45, 2.75) is 57.0 Å². The SMILES string of the molecule is CN(C(=O)Cc1c[nH]c2ccccc12)[C@@H]1CCCC[C@H]1N1CCCC1.Cl. The van der Waals surface area contributed by atoms with E-state index in [1.807, 2.05) is 25.4 Å². The number of carbonyl (C=O) groups excluding carboxylic acids is 1. The lowest BCUT2D eigenvalue weighted by molar-refractivity contribution is -0.133. The van der Waals surface area contributed by atoms with Crippen LogP contribution in [0.15, 0.2) is 30.5 Å². The van der Waals surface area contributed by atoms with E-state index in [1.165, 1.54) is 50.6 Å². The lowest BCUT2D eigenvalue weighted by Gasteiger charge is -2.42. The molecular formula is C21H30ClN3O. The standard InChI is InChI=1S/C21H29N3O.ClH/c1-23(19-10-4-5-11-20(19)24-12-6-7-13-24)21(25)14-16-15-22-18-9-3-2-8-17(16)18;/h2-3,8-9,15,19-20,22H,4-7,10-14H2,1H3;1H/t19-,20-;/m1./s1. The van der Waals surface area contributed by atoms with Gasteiger partial charge >= 0.3 is 0 Å². The van der Waals surface area contributed by atoms with Gasteiger partial charge in [0, 0.05) is 36.2 Å². The Labute approximate surface area is 162 Å². The van der Waals surface area contributed by atoms with Crippen molar-refractivity contribution in [1.82, 2.24) is 14.8 Å². The van der Waals surface area contributed by atoms with Gasteiger partial charge in [0.25, 0.3) is 0 Å². The van der Waals surface area contributed by atoms with Gasteiger partial charge in [0.15, 0.2) is 0 Å². The van der Waals surface area contributed by atoms with E-state index in [0.29, 0.717) is 18.5 Å². The minimum absolute atomic E-state index is 0. The van der Waals surface area contributed by atoms with Crippen LogP contribution in [0.25, 0.3) is 10.9 Å². The van der Waals surface area contributed by atoms with Crippen LogP contribution in [0.1, 0.15) is 44.1 Å². The first-order chi connectivity index (χ1) is 12.2. The number of nitrogens with zero attached hydrogens (tertiary/aromatic N) is 2. The average Bonchev–Trinajstić information content (AvgIpc) is 3.32. The van der Waals surface area contributed by atoms with Crippen molar-refractivity contribution in [2.24, 2.45) is 0 Å². The van der Waals surface area contributed by atoms with Crippen LogP contribution < -0.4 is 0 Å². The molecule has 4 rings (SSSR count). The second kappa shape index (κ2) is 8.45. The number of halogens is 1. The summed E-state index contributed by atoms with van der Waals surface area (Å²) in [7, 11) is 2.02. The summed E-state index contributed by atoms with van der Waals surface area (Å²) in [5.74, 6) is 0.251. The molecule has 1 N–H and O–H groups in total. The van der Waals surface area contributed by atoms with Crippen molar-refractivity contribution in [3.63, 3.8) is 0 Å². The summed E-state index contributed by atoms with van der Waals surface area (Å²) in [4.78, 5) is 21.0. The Hall–Kier alpha value is -1.52. The van der Waals surface area contributed by atoms with Crippen LogP contribution in [0.2, 0.25) is 0 Å². The second-order valence-corrected chi connectivity index (χ2v) is 7.70. The van der Waals surface area contributed by atoms with E-state index in [1.54, 1.807) is 0 Å². The Kier molecular flexibility index (Phi) is 6.25. The quantitative estimate of drug-likeness (QED) is 0.877. The number of aromatic amines is 1. The van der Waals surface area contributed by atoms with Crippen molar-refractivity contribution in [2.75, 3.05) is 20.1 Å². The smallest absolute Gasteiger partial charge is 0.227 e. The van der Waals surface area contributed by atoms with Crippen molar-refractivity contribution in [3.8, 4) is 0 Å². The van der Waals surface area contributed by atoms with E-state index >= 15 is 0 Å². The normalized spacial score (nSPS) is 23.7. The molecule has 2 aromatic rings. The molecule has 1 aliphatic heterocycles. The van der Waals surface area contributed by atoms with Gasteiger partial charge in [-0.05, 0) is 50.4 Å². The third-order valence-corrected chi connectivity index (χ3v) is 6.21. The van der Waals surface area contributed by atoms with Gasteiger partial charge in [0.05, 0.1) is 6.42 Å². The van der Waals surface area contributed by atoms with E-state index in [9.17, 15) is 4.79 Å². The first kappa shape index (κ1) is 19.2. The third kappa shape index (κ3) is 3.77. The number of fused-ring (bicyclic) bond motifs is 1. The lowest BCUT2D eigenvalue weighted by Crippen LogP contribution is -2.53. The number of rotatable bonds is 4. The average molecular weight is 376 g/mol. The fraction of sp³-hybridized carbons (Fsp3) is 0.571. The molecule has 1 aromatic carbocycles. The van der Waals surface area contributed by atoms with Crippen molar-refractivity contribution < 1.29 is 4.79 Å². The molecule has 142 valence electrons. The van der Waals surface area contributed by atoms with E-state index in [0.717, 1.165) is 17.5 Å². The number of nitrogens with one attached hydrogen (secondary N) is 1. The largest absolute Gasteiger partial charge is 0.361 e. The van der Waals surface area contributed by atoms with Gasteiger partial charge < -0.3 is 9.88 Å². The number of aromatic nitrogens is 1. The molecule has 26 heavy (non-hydrogen) atoms. The number of H-pyrrole nitrogens is 1. The number of carbonyl (C=O) groups is 1. The van der Waals surface area contributed by atoms with Crippen LogP contribution in [0.4, 0.5) is 0 Å². The molecule has 1 aromatic heterocycles. The molecule has 0 unspecified atom stereocenters. The van der Waals surface area contributed by atoms with Gasteiger partial charge in [0.2, 0.25) is 5.91 Å². The van der Waals surface area contributed by atoms with E-state index in [2.05, 4.69) is 26.9 Å². The molecule has 1 amide bonds. The minimum atomic E-state index is 0. The molecule has 1 saturated heterocycles. The maximum Gasteiger partial charge on any atom is 0.227 e. The number of likely N-dealkylation sites (N-methyl/N-ethyl adjacent to an activating group) is 1. The molecule has 4 nitrogen and oxygen atoms in total. The summed E-state index contributed by atoms with van der Waals surface area (Å²) in [5, 5.41) is 1.17. The number of amides is 1. The van der Waals surface area contributed by atoms with E-state index in [4.69, 9.17) is 0 Å². The fourth-order valence-electron chi connectivity index (χ4n) is 4.79. The van der Waals surface area contributed by atoms with E-state index < -0.39 is 0 Å². The Balaban J connectivity index is 0.00000196. The molecule has 2 heterocycles. The molecule has 2 fully saturated rings. The van der Waals surface area contributed by atoms with Crippen LogP contribution in [0.3, 0.4) is 0 Å².